The summed E-state index contributed by atoms with van der Waals surface area (Å²) < 4.78 is 12.8. The van der Waals surface area contributed by atoms with Crippen LogP contribution in [-0.2, 0) is 6.42 Å². The third-order valence-corrected chi connectivity index (χ3v) is 2.94. The second kappa shape index (κ2) is 6.13. The molecule has 110 valence electrons. The maximum absolute atomic E-state index is 12.8. The van der Waals surface area contributed by atoms with Crippen LogP contribution in [-0.4, -0.2) is 26.1 Å². The van der Waals surface area contributed by atoms with E-state index in [1.165, 1.54) is 18.3 Å². The second-order valence-corrected chi connectivity index (χ2v) is 4.58. The molecule has 0 radical (unpaired) electrons. The van der Waals surface area contributed by atoms with Gasteiger partial charge in [0.15, 0.2) is 0 Å². The Morgan fingerprint density at radius 2 is 2.00 bits per heavy atom. The van der Waals surface area contributed by atoms with Crippen molar-refractivity contribution in [2.45, 2.75) is 6.42 Å². The number of aromatic nitrogens is 4. The zero-order valence-electron chi connectivity index (χ0n) is 11.5. The van der Waals surface area contributed by atoms with Gasteiger partial charge in [-0.2, -0.15) is 4.98 Å². The standard InChI is InChI=1S/C15H12FN5O/c16-11-6-4-10(5-7-11)9-13-18-15(21-20-13)19-14(22)12-3-1-2-8-17-12/h1-8H,9H2,(H2,18,19,20,21,22). The number of nitrogens with zero attached hydrogens (tertiary/aromatic N) is 3. The lowest BCUT2D eigenvalue weighted by atomic mass is 10.1. The minimum atomic E-state index is -0.382. The van der Waals surface area contributed by atoms with Crippen LogP contribution in [0.1, 0.15) is 21.9 Å². The summed E-state index contributed by atoms with van der Waals surface area (Å²) in [6.45, 7) is 0. The molecule has 7 heteroatoms. The van der Waals surface area contributed by atoms with E-state index in [0.717, 1.165) is 5.56 Å². The minimum absolute atomic E-state index is 0.174. The largest absolute Gasteiger partial charge is 0.288 e. The summed E-state index contributed by atoms with van der Waals surface area (Å²) in [4.78, 5) is 20.0. The molecule has 2 N–H and O–H groups in total. The van der Waals surface area contributed by atoms with E-state index in [1.54, 1.807) is 30.3 Å². The van der Waals surface area contributed by atoms with E-state index in [0.29, 0.717) is 12.2 Å². The molecule has 2 aromatic heterocycles. The highest BCUT2D eigenvalue weighted by atomic mass is 19.1. The molecule has 6 nitrogen and oxygen atoms in total. The molecule has 0 unspecified atom stereocenters. The number of hydrogen-bond donors (Lipinski definition) is 2. The van der Waals surface area contributed by atoms with Crippen LogP contribution in [0.25, 0.3) is 0 Å². The number of carbonyl (C=O) groups is 1. The topological polar surface area (TPSA) is 83.6 Å². The van der Waals surface area contributed by atoms with Crippen molar-refractivity contribution in [2.24, 2.45) is 0 Å². The Kier molecular flexibility index (Phi) is 3.86. The van der Waals surface area contributed by atoms with Crippen LogP contribution in [0.3, 0.4) is 0 Å². The van der Waals surface area contributed by atoms with Crippen molar-refractivity contribution in [3.8, 4) is 0 Å². The molecule has 0 aliphatic carbocycles. The van der Waals surface area contributed by atoms with E-state index in [1.807, 2.05) is 0 Å². The summed E-state index contributed by atoms with van der Waals surface area (Å²) in [5.74, 6) is 0.0771. The number of nitrogens with one attached hydrogen (secondary N) is 2. The molecular weight excluding hydrogens is 285 g/mol. The van der Waals surface area contributed by atoms with Gasteiger partial charge in [0.25, 0.3) is 5.91 Å². The highest BCUT2D eigenvalue weighted by Crippen LogP contribution is 2.09. The van der Waals surface area contributed by atoms with Crippen molar-refractivity contribution < 1.29 is 9.18 Å². The fourth-order valence-electron chi connectivity index (χ4n) is 1.89. The third-order valence-electron chi connectivity index (χ3n) is 2.94. The minimum Gasteiger partial charge on any atom is -0.288 e. The number of carbonyl (C=O) groups excluding carboxylic acids is 1. The smallest absolute Gasteiger partial charge is 0.276 e. The Bertz CT molecular complexity index is 770. The molecule has 0 aliphatic heterocycles. The molecule has 0 atom stereocenters. The highest BCUT2D eigenvalue weighted by molar-refractivity contribution is 6.01. The van der Waals surface area contributed by atoms with Crippen molar-refractivity contribution in [2.75, 3.05) is 5.32 Å². The fourth-order valence-corrected chi connectivity index (χ4v) is 1.89. The van der Waals surface area contributed by atoms with E-state index >= 15 is 0 Å². The number of hydrogen-bond acceptors (Lipinski definition) is 4. The van der Waals surface area contributed by atoms with E-state index in [9.17, 15) is 9.18 Å². The number of benzene rings is 1. The molecule has 0 fully saturated rings. The van der Waals surface area contributed by atoms with Gasteiger partial charge in [-0.25, -0.2) is 4.39 Å². The first-order valence-electron chi connectivity index (χ1n) is 6.59. The second-order valence-electron chi connectivity index (χ2n) is 4.58. The maximum Gasteiger partial charge on any atom is 0.276 e. The summed E-state index contributed by atoms with van der Waals surface area (Å²) >= 11 is 0. The van der Waals surface area contributed by atoms with E-state index in [-0.39, 0.29) is 23.4 Å². The average molecular weight is 297 g/mol. The third kappa shape index (κ3) is 3.32. The van der Waals surface area contributed by atoms with Crippen molar-refractivity contribution in [3.63, 3.8) is 0 Å². The zero-order chi connectivity index (χ0) is 15.4. The first-order valence-corrected chi connectivity index (χ1v) is 6.59. The maximum atomic E-state index is 12.8. The summed E-state index contributed by atoms with van der Waals surface area (Å²) in [5, 5.41) is 9.22. The van der Waals surface area contributed by atoms with Gasteiger partial charge in [0.2, 0.25) is 5.95 Å². The lowest BCUT2D eigenvalue weighted by Gasteiger charge is -1.99. The summed E-state index contributed by atoms with van der Waals surface area (Å²) in [7, 11) is 0. The lowest BCUT2D eigenvalue weighted by Crippen LogP contribution is -2.14. The van der Waals surface area contributed by atoms with Gasteiger partial charge in [-0.3, -0.25) is 20.2 Å². The van der Waals surface area contributed by atoms with Crippen LogP contribution in [0, 0.1) is 5.82 Å². The first-order chi connectivity index (χ1) is 10.7. The van der Waals surface area contributed by atoms with Crippen molar-refractivity contribution in [1.82, 2.24) is 20.2 Å². The Morgan fingerprint density at radius 1 is 1.18 bits per heavy atom. The van der Waals surface area contributed by atoms with Gasteiger partial charge in [-0.05, 0) is 29.8 Å². The Morgan fingerprint density at radius 3 is 2.73 bits per heavy atom. The van der Waals surface area contributed by atoms with Crippen LogP contribution in [0.15, 0.2) is 48.7 Å². The molecule has 0 spiro atoms. The first kappa shape index (κ1) is 13.9. The predicted molar refractivity (Wildman–Crippen MR) is 77.8 cm³/mol. The predicted octanol–water partition coefficient (Wildman–Crippen LogP) is 2.18. The van der Waals surface area contributed by atoms with Crippen molar-refractivity contribution >= 4 is 11.9 Å². The van der Waals surface area contributed by atoms with Crippen LogP contribution < -0.4 is 5.32 Å². The van der Waals surface area contributed by atoms with Crippen LogP contribution in [0.2, 0.25) is 0 Å². The summed E-state index contributed by atoms with van der Waals surface area (Å²) in [5.41, 5.74) is 1.17. The fraction of sp³-hybridized carbons (Fsp3) is 0.0667. The summed E-state index contributed by atoms with van der Waals surface area (Å²) in [6, 6.07) is 11.2. The average Bonchev–Trinajstić information content (AvgIpc) is 2.97. The number of H-pyrrole nitrogens is 1. The van der Waals surface area contributed by atoms with Crippen LogP contribution in [0.4, 0.5) is 10.3 Å². The number of aromatic amines is 1. The quantitative estimate of drug-likeness (QED) is 0.773. The van der Waals surface area contributed by atoms with E-state index < -0.39 is 0 Å². The molecule has 3 aromatic rings. The molecule has 0 saturated carbocycles. The molecule has 0 aliphatic rings. The van der Waals surface area contributed by atoms with Gasteiger partial charge < -0.3 is 0 Å². The van der Waals surface area contributed by atoms with E-state index in [4.69, 9.17) is 0 Å². The van der Waals surface area contributed by atoms with Crippen LogP contribution >= 0.6 is 0 Å². The molecular formula is C15H12FN5O. The zero-order valence-corrected chi connectivity index (χ0v) is 11.5. The van der Waals surface area contributed by atoms with Gasteiger partial charge in [-0.15, -0.1) is 5.10 Å². The SMILES string of the molecule is O=C(Nc1n[nH]c(Cc2ccc(F)cc2)n1)c1ccccn1. The van der Waals surface area contributed by atoms with Crippen molar-refractivity contribution in [1.29, 1.82) is 0 Å². The normalized spacial score (nSPS) is 10.4. The molecule has 1 aromatic carbocycles. The van der Waals surface area contributed by atoms with Gasteiger partial charge in [0.05, 0.1) is 0 Å². The number of amides is 1. The molecule has 0 saturated heterocycles. The van der Waals surface area contributed by atoms with Gasteiger partial charge in [0, 0.05) is 12.6 Å². The number of anilines is 1. The number of pyridine rings is 1. The molecule has 3 rings (SSSR count). The highest BCUT2D eigenvalue weighted by Gasteiger charge is 2.10. The molecule has 0 bridgehead atoms. The number of rotatable bonds is 4. The van der Waals surface area contributed by atoms with Crippen molar-refractivity contribution in [3.05, 3.63) is 71.6 Å². The van der Waals surface area contributed by atoms with Crippen LogP contribution in [0.5, 0.6) is 0 Å². The monoisotopic (exact) mass is 297 g/mol. The van der Waals surface area contributed by atoms with E-state index in [2.05, 4.69) is 25.5 Å². The van der Waals surface area contributed by atoms with Gasteiger partial charge in [-0.1, -0.05) is 18.2 Å². The molecule has 2 heterocycles. The number of halogens is 1. The summed E-state index contributed by atoms with van der Waals surface area (Å²) in [6.07, 6.45) is 2.00. The Hall–Kier alpha value is -3.09. The molecule has 1 amide bonds. The van der Waals surface area contributed by atoms with Gasteiger partial charge in [0.1, 0.15) is 17.3 Å². The lowest BCUT2D eigenvalue weighted by molar-refractivity contribution is 0.102. The van der Waals surface area contributed by atoms with Gasteiger partial charge >= 0.3 is 0 Å². The Labute approximate surface area is 125 Å². The molecule has 22 heavy (non-hydrogen) atoms. The Balaban J connectivity index is 1.66.